The van der Waals surface area contributed by atoms with E-state index in [1.54, 1.807) is 24.1 Å². The highest BCUT2D eigenvalue weighted by atomic mass is 35.5. The van der Waals surface area contributed by atoms with E-state index in [1.165, 1.54) is 0 Å². The van der Waals surface area contributed by atoms with Crippen molar-refractivity contribution in [2.45, 2.75) is 19.9 Å². The smallest absolute Gasteiger partial charge is 0.239 e. The van der Waals surface area contributed by atoms with E-state index in [4.69, 9.17) is 28.9 Å². The second-order valence-electron chi connectivity index (χ2n) is 4.40. The van der Waals surface area contributed by atoms with E-state index in [0.717, 1.165) is 0 Å². The van der Waals surface area contributed by atoms with Crippen molar-refractivity contribution in [3.8, 4) is 0 Å². The number of anilines is 2. The van der Waals surface area contributed by atoms with Crippen LogP contribution in [0, 0.1) is 0 Å². The summed E-state index contributed by atoms with van der Waals surface area (Å²) < 4.78 is 0. The number of benzene rings is 1. The number of nitrogens with zero attached hydrogens (tertiary/aromatic N) is 1. The molecule has 3 N–H and O–H groups in total. The van der Waals surface area contributed by atoms with Crippen LogP contribution in [0.15, 0.2) is 12.1 Å². The molecular formula is C12H17Cl2N3O. The molecule has 0 heterocycles. The van der Waals surface area contributed by atoms with E-state index in [1.807, 2.05) is 13.8 Å². The molecule has 0 radical (unpaired) electrons. The lowest BCUT2D eigenvalue weighted by Crippen LogP contribution is -2.38. The van der Waals surface area contributed by atoms with Gasteiger partial charge in [0.1, 0.15) is 0 Å². The summed E-state index contributed by atoms with van der Waals surface area (Å²) in [7, 11) is 1.77. The number of hydrogen-bond donors (Lipinski definition) is 2. The molecule has 0 spiro atoms. The van der Waals surface area contributed by atoms with Gasteiger partial charge in [0.15, 0.2) is 0 Å². The number of hydrogen-bond acceptors (Lipinski definition) is 3. The van der Waals surface area contributed by atoms with Crippen LogP contribution >= 0.6 is 23.2 Å². The molecule has 18 heavy (non-hydrogen) atoms. The van der Waals surface area contributed by atoms with Crippen molar-refractivity contribution in [3.63, 3.8) is 0 Å². The number of carbonyl (C=O) groups excluding carboxylic acids is 1. The lowest BCUT2D eigenvalue weighted by Gasteiger charge is -2.21. The van der Waals surface area contributed by atoms with Crippen LogP contribution in [0.1, 0.15) is 13.8 Å². The zero-order valence-electron chi connectivity index (χ0n) is 10.6. The Hall–Kier alpha value is -1.13. The van der Waals surface area contributed by atoms with Crippen LogP contribution in [0.25, 0.3) is 0 Å². The minimum Gasteiger partial charge on any atom is -0.397 e. The van der Waals surface area contributed by atoms with Gasteiger partial charge in [-0.2, -0.15) is 0 Å². The lowest BCUT2D eigenvalue weighted by atomic mass is 10.2. The summed E-state index contributed by atoms with van der Waals surface area (Å²) in [5, 5.41) is 3.62. The highest BCUT2D eigenvalue weighted by Crippen LogP contribution is 2.32. The van der Waals surface area contributed by atoms with E-state index < -0.39 is 0 Å². The zero-order chi connectivity index (χ0) is 13.9. The Kier molecular flexibility index (Phi) is 5.11. The van der Waals surface area contributed by atoms with Crippen molar-refractivity contribution in [2.75, 3.05) is 24.2 Å². The summed E-state index contributed by atoms with van der Waals surface area (Å²) >= 11 is 11.8. The summed E-state index contributed by atoms with van der Waals surface area (Å²) in [5.74, 6) is -0.0713. The minimum absolute atomic E-state index is 0.0713. The van der Waals surface area contributed by atoms with Crippen LogP contribution in [-0.2, 0) is 4.79 Å². The molecule has 1 amide bonds. The first kappa shape index (κ1) is 14.9. The van der Waals surface area contributed by atoms with Crippen LogP contribution in [0.4, 0.5) is 11.4 Å². The summed E-state index contributed by atoms with van der Waals surface area (Å²) in [5.41, 5.74) is 7.03. The molecule has 0 bridgehead atoms. The van der Waals surface area contributed by atoms with Gasteiger partial charge in [-0.1, -0.05) is 23.2 Å². The third-order valence-electron chi connectivity index (χ3n) is 2.31. The molecular weight excluding hydrogens is 273 g/mol. The van der Waals surface area contributed by atoms with Crippen molar-refractivity contribution in [1.82, 2.24) is 5.32 Å². The number of amides is 1. The summed E-state index contributed by atoms with van der Waals surface area (Å²) in [6.07, 6.45) is 0. The number of nitrogen functional groups attached to an aromatic ring is 1. The number of halogens is 2. The molecule has 0 saturated carbocycles. The van der Waals surface area contributed by atoms with Gasteiger partial charge in [0.25, 0.3) is 0 Å². The van der Waals surface area contributed by atoms with Crippen molar-refractivity contribution in [1.29, 1.82) is 0 Å². The fourth-order valence-electron chi connectivity index (χ4n) is 1.55. The molecule has 0 saturated heterocycles. The largest absolute Gasteiger partial charge is 0.397 e. The Balaban J connectivity index is 2.81. The fourth-order valence-corrected chi connectivity index (χ4v) is 1.88. The van der Waals surface area contributed by atoms with Gasteiger partial charge in [-0.25, -0.2) is 0 Å². The quantitative estimate of drug-likeness (QED) is 0.838. The van der Waals surface area contributed by atoms with E-state index in [9.17, 15) is 4.79 Å². The number of rotatable bonds is 4. The summed E-state index contributed by atoms with van der Waals surface area (Å²) in [4.78, 5) is 13.4. The van der Waals surface area contributed by atoms with Gasteiger partial charge >= 0.3 is 0 Å². The zero-order valence-corrected chi connectivity index (χ0v) is 12.1. The van der Waals surface area contributed by atoms with Gasteiger partial charge in [-0.3, -0.25) is 4.79 Å². The fraction of sp³-hybridized carbons (Fsp3) is 0.417. The molecule has 0 aliphatic heterocycles. The first-order chi connectivity index (χ1) is 8.31. The summed E-state index contributed by atoms with van der Waals surface area (Å²) in [6.45, 7) is 4.02. The van der Waals surface area contributed by atoms with Gasteiger partial charge in [0.2, 0.25) is 5.91 Å². The number of carbonyl (C=O) groups is 1. The van der Waals surface area contributed by atoms with Crippen molar-refractivity contribution in [3.05, 3.63) is 22.2 Å². The standard InChI is InChI=1S/C12H17Cl2N3O/c1-7(2)16-12(18)6-17(3)11-5-9(14)8(13)4-10(11)15/h4-5,7H,6,15H2,1-3H3,(H,16,18). The predicted molar refractivity (Wildman–Crippen MR) is 77.4 cm³/mol. The maximum Gasteiger partial charge on any atom is 0.239 e. The number of nitrogens with two attached hydrogens (primary N) is 1. The molecule has 1 rings (SSSR count). The predicted octanol–water partition coefficient (Wildman–Crippen LogP) is 2.54. The van der Waals surface area contributed by atoms with Crippen LogP contribution in [0.2, 0.25) is 10.0 Å². The van der Waals surface area contributed by atoms with Crippen LogP contribution in [-0.4, -0.2) is 25.5 Å². The van der Waals surface area contributed by atoms with Gasteiger partial charge < -0.3 is 16.0 Å². The molecule has 0 aliphatic carbocycles. The molecule has 0 aliphatic rings. The van der Waals surface area contributed by atoms with Gasteiger partial charge in [0, 0.05) is 13.1 Å². The van der Waals surface area contributed by atoms with Crippen molar-refractivity contribution < 1.29 is 4.79 Å². The van der Waals surface area contributed by atoms with Gasteiger partial charge in [-0.05, 0) is 26.0 Å². The van der Waals surface area contributed by atoms with E-state index in [0.29, 0.717) is 21.4 Å². The Morgan fingerprint density at radius 1 is 1.39 bits per heavy atom. The minimum atomic E-state index is -0.0713. The van der Waals surface area contributed by atoms with Crippen LogP contribution in [0.3, 0.4) is 0 Å². The molecule has 0 fully saturated rings. The highest BCUT2D eigenvalue weighted by Gasteiger charge is 2.12. The molecule has 100 valence electrons. The Bertz CT molecular complexity index is 449. The summed E-state index contributed by atoms with van der Waals surface area (Å²) in [6, 6.07) is 3.34. The SMILES string of the molecule is CC(C)NC(=O)CN(C)c1cc(Cl)c(Cl)cc1N. The number of likely N-dealkylation sites (N-methyl/N-ethyl adjacent to an activating group) is 1. The van der Waals surface area contributed by atoms with E-state index in [-0.39, 0.29) is 18.5 Å². The Labute approximate surface area is 117 Å². The topological polar surface area (TPSA) is 58.4 Å². The second kappa shape index (κ2) is 6.16. The third-order valence-corrected chi connectivity index (χ3v) is 3.03. The average Bonchev–Trinajstić information content (AvgIpc) is 2.21. The van der Waals surface area contributed by atoms with E-state index >= 15 is 0 Å². The molecule has 6 heteroatoms. The third kappa shape index (κ3) is 3.96. The van der Waals surface area contributed by atoms with Gasteiger partial charge in [0.05, 0.1) is 28.0 Å². The normalized spacial score (nSPS) is 10.6. The highest BCUT2D eigenvalue weighted by molar-refractivity contribution is 6.42. The van der Waals surface area contributed by atoms with Crippen LogP contribution in [0.5, 0.6) is 0 Å². The Morgan fingerprint density at radius 2 is 1.94 bits per heavy atom. The number of nitrogens with one attached hydrogen (secondary N) is 1. The molecule has 1 aromatic carbocycles. The van der Waals surface area contributed by atoms with Gasteiger partial charge in [-0.15, -0.1) is 0 Å². The van der Waals surface area contributed by atoms with E-state index in [2.05, 4.69) is 5.32 Å². The molecule has 4 nitrogen and oxygen atoms in total. The average molecular weight is 290 g/mol. The maximum absolute atomic E-state index is 11.6. The maximum atomic E-state index is 11.6. The Morgan fingerprint density at radius 3 is 2.50 bits per heavy atom. The first-order valence-electron chi connectivity index (χ1n) is 5.56. The second-order valence-corrected chi connectivity index (χ2v) is 5.22. The van der Waals surface area contributed by atoms with Crippen molar-refractivity contribution >= 4 is 40.5 Å². The lowest BCUT2D eigenvalue weighted by molar-refractivity contribution is -0.120. The monoisotopic (exact) mass is 289 g/mol. The molecule has 0 atom stereocenters. The molecule has 1 aromatic rings. The first-order valence-corrected chi connectivity index (χ1v) is 6.32. The molecule has 0 unspecified atom stereocenters. The molecule has 0 aromatic heterocycles. The van der Waals surface area contributed by atoms with Crippen molar-refractivity contribution in [2.24, 2.45) is 0 Å². The van der Waals surface area contributed by atoms with Crippen LogP contribution < -0.4 is 16.0 Å².